The normalized spacial score (nSPS) is 17.0. The predicted molar refractivity (Wildman–Crippen MR) is 105 cm³/mol. The standard InChI is InChI=1S/C21H23ClN2O2/c1-14-12-17(21(26)24-11-4-3-6-15(24)2)9-10-19(14)23-20(25)16-7-5-8-18(22)13-16/h5,7-10,12-13,15H,3-4,6,11H2,1-2H3,(H,23,25). The van der Waals surface area contributed by atoms with Crippen molar-refractivity contribution in [3.8, 4) is 0 Å². The number of benzene rings is 2. The van der Waals surface area contributed by atoms with Crippen molar-refractivity contribution in [3.05, 3.63) is 64.2 Å². The van der Waals surface area contributed by atoms with Crippen LogP contribution in [0.5, 0.6) is 0 Å². The molecule has 0 aliphatic carbocycles. The quantitative estimate of drug-likeness (QED) is 0.834. The molecule has 2 aromatic carbocycles. The highest BCUT2D eigenvalue weighted by Gasteiger charge is 2.24. The number of likely N-dealkylation sites (tertiary alicyclic amines) is 1. The van der Waals surface area contributed by atoms with Gasteiger partial charge in [0.1, 0.15) is 0 Å². The van der Waals surface area contributed by atoms with Gasteiger partial charge < -0.3 is 10.2 Å². The van der Waals surface area contributed by atoms with E-state index in [1.54, 1.807) is 36.4 Å². The van der Waals surface area contributed by atoms with Crippen molar-refractivity contribution in [2.75, 3.05) is 11.9 Å². The summed E-state index contributed by atoms with van der Waals surface area (Å²) in [5.74, 6) is -0.160. The van der Waals surface area contributed by atoms with E-state index in [1.807, 2.05) is 17.9 Å². The van der Waals surface area contributed by atoms with E-state index >= 15 is 0 Å². The number of nitrogens with one attached hydrogen (secondary N) is 1. The van der Waals surface area contributed by atoms with E-state index in [0.717, 1.165) is 24.9 Å². The molecule has 0 saturated carbocycles. The zero-order valence-corrected chi connectivity index (χ0v) is 15.8. The maximum Gasteiger partial charge on any atom is 0.255 e. The summed E-state index contributed by atoms with van der Waals surface area (Å²) in [7, 11) is 0. The van der Waals surface area contributed by atoms with Crippen molar-refractivity contribution in [2.45, 2.75) is 39.2 Å². The minimum atomic E-state index is -0.223. The minimum Gasteiger partial charge on any atom is -0.336 e. The first-order valence-electron chi connectivity index (χ1n) is 8.94. The van der Waals surface area contributed by atoms with Crippen LogP contribution in [0.3, 0.4) is 0 Å². The maximum atomic E-state index is 12.8. The lowest BCUT2D eigenvalue weighted by atomic mass is 10.0. The van der Waals surface area contributed by atoms with Crippen LogP contribution < -0.4 is 5.32 Å². The zero-order valence-electron chi connectivity index (χ0n) is 15.1. The third-order valence-corrected chi connectivity index (χ3v) is 5.11. The molecule has 0 aromatic heterocycles. The molecular weight excluding hydrogens is 348 g/mol. The van der Waals surface area contributed by atoms with Crippen LogP contribution in [0.2, 0.25) is 5.02 Å². The summed E-state index contributed by atoms with van der Waals surface area (Å²) < 4.78 is 0. The van der Waals surface area contributed by atoms with Crippen LogP contribution in [0, 0.1) is 6.92 Å². The minimum absolute atomic E-state index is 0.0630. The van der Waals surface area contributed by atoms with Gasteiger partial charge in [-0.1, -0.05) is 17.7 Å². The van der Waals surface area contributed by atoms with Crippen molar-refractivity contribution in [3.63, 3.8) is 0 Å². The van der Waals surface area contributed by atoms with E-state index in [9.17, 15) is 9.59 Å². The van der Waals surface area contributed by atoms with Crippen LogP contribution in [0.4, 0.5) is 5.69 Å². The molecule has 1 atom stereocenters. The van der Waals surface area contributed by atoms with Crippen LogP contribution in [0.1, 0.15) is 52.5 Å². The second-order valence-electron chi connectivity index (χ2n) is 6.84. The fraction of sp³-hybridized carbons (Fsp3) is 0.333. The Balaban J connectivity index is 1.75. The van der Waals surface area contributed by atoms with Gasteiger partial charge in [-0.3, -0.25) is 9.59 Å². The summed E-state index contributed by atoms with van der Waals surface area (Å²) in [6.07, 6.45) is 3.29. The number of halogens is 1. The van der Waals surface area contributed by atoms with Gasteiger partial charge in [0.15, 0.2) is 0 Å². The monoisotopic (exact) mass is 370 g/mol. The number of amides is 2. The lowest BCUT2D eigenvalue weighted by Crippen LogP contribution is -2.42. The van der Waals surface area contributed by atoms with Crippen molar-refractivity contribution in [1.82, 2.24) is 4.90 Å². The van der Waals surface area contributed by atoms with Crippen LogP contribution in [0.25, 0.3) is 0 Å². The molecule has 26 heavy (non-hydrogen) atoms. The molecule has 2 amide bonds. The van der Waals surface area contributed by atoms with Gasteiger partial charge in [-0.15, -0.1) is 0 Å². The molecule has 0 radical (unpaired) electrons. The lowest BCUT2D eigenvalue weighted by molar-refractivity contribution is 0.0635. The Morgan fingerprint density at radius 3 is 2.62 bits per heavy atom. The molecule has 1 aliphatic heterocycles. The summed E-state index contributed by atoms with van der Waals surface area (Å²) in [4.78, 5) is 27.1. The summed E-state index contributed by atoms with van der Waals surface area (Å²) in [5.41, 5.74) is 2.71. The van der Waals surface area contributed by atoms with Gasteiger partial charge in [0.25, 0.3) is 11.8 Å². The van der Waals surface area contributed by atoms with E-state index in [1.165, 1.54) is 6.42 Å². The van der Waals surface area contributed by atoms with Gasteiger partial charge in [-0.05, 0) is 75.1 Å². The molecule has 1 fully saturated rings. The number of aryl methyl sites for hydroxylation is 1. The number of piperidine rings is 1. The highest BCUT2D eigenvalue weighted by Crippen LogP contribution is 2.23. The second kappa shape index (κ2) is 7.92. The number of rotatable bonds is 3. The van der Waals surface area contributed by atoms with E-state index in [-0.39, 0.29) is 17.9 Å². The average Bonchev–Trinajstić information content (AvgIpc) is 2.63. The lowest BCUT2D eigenvalue weighted by Gasteiger charge is -2.33. The van der Waals surface area contributed by atoms with Gasteiger partial charge in [0.05, 0.1) is 0 Å². The third kappa shape index (κ3) is 4.07. The first-order chi connectivity index (χ1) is 12.5. The molecule has 4 nitrogen and oxygen atoms in total. The zero-order chi connectivity index (χ0) is 18.7. The van der Waals surface area contributed by atoms with Crippen molar-refractivity contribution >= 4 is 29.1 Å². The van der Waals surface area contributed by atoms with Gasteiger partial charge in [-0.2, -0.15) is 0 Å². The molecule has 1 aliphatic rings. The van der Waals surface area contributed by atoms with Crippen LogP contribution in [-0.4, -0.2) is 29.3 Å². The van der Waals surface area contributed by atoms with E-state index in [0.29, 0.717) is 21.8 Å². The van der Waals surface area contributed by atoms with Gasteiger partial charge in [0.2, 0.25) is 0 Å². The molecule has 1 saturated heterocycles. The van der Waals surface area contributed by atoms with E-state index in [2.05, 4.69) is 12.2 Å². The fourth-order valence-corrected chi connectivity index (χ4v) is 3.52. The van der Waals surface area contributed by atoms with Gasteiger partial charge in [0, 0.05) is 34.4 Å². The topological polar surface area (TPSA) is 49.4 Å². The molecule has 1 N–H and O–H groups in total. The first-order valence-corrected chi connectivity index (χ1v) is 9.32. The van der Waals surface area contributed by atoms with E-state index < -0.39 is 0 Å². The molecule has 0 spiro atoms. The SMILES string of the molecule is Cc1cc(C(=O)N2CCCCC2C)ccc1NC(=O)c1cccc(Cl)c1. The summed E-state index contributed by atoms with van der Waals surface area (Å²) >= 11 is 5.94. The van der Waals surface area contributed by atoms with Crippen LogP contribution >= 0.6 is 11.6 Å². The predicted octanol–water partition coefficient (Wildman–Crippen LogP) is 4.92. The summed E-state index contributed by atoms with van der Waals surface area (Å²) in [6, 6.07) is 12.5. The number of anilines is 1. The third-order valence-electron chi connectivity index (χ3n) is 4.87. The number of hydrogen-bond donors (Lipinski definition) is 1. The van der Waals surface area contributed by atoms with Crippen LogP contribution in [0.15, 0.2) is 42.5 Å². The van der Waals surface area contributed by atoms with Crippen molar-refractivity contribution < 1.29 is 9.59 Å². The van der Waals surface area contributed by atoms with Gasteiger partial charge >= 0.3 is 0 Å². The Bertz CT molecular complexity index is 835. The highest BCUT2D eigenvalue weighted by atomic mass is 35.5. The van der Waals surface area contributed by atoms with Crippen LogP contribution in [-0.2, 0) is 0 Å². The Hall–Kier alpha value is -2.33. The number of nitrogens with zero attached hydrogens (tertiary/aromatic N) is 1. The molecule has 3 rings (SSSR count). The summed E-state index contributed by atoms with van der Waals surface area (Å²) in [5, 5.41) is 3.41. The average molecular weight is 371 g/mol. The first kappa shape index (κ1) is 18.5. The molecule has 1 unspecified atom stereocenters. The molecular formula is C21H23ClN2O2. The maximum absolute atomic E-state index is 12.8. The smallest absolute Gasteiger partial charge is 0.255 e. The highest BCUT2D eigenvalue weighted by molar-refractivity contribution is 6.31. The Labute approximate surface area is 159 Å². The Morgan fingerprint density at radius 2 is 1.92 bits per heavy atom. The van der Waals surface area contributed by atoms with E-state index in [4.69, 9.17) is 11.6 Å². The largest absolute Gasteiger partial charge is 0.336 e. The van der Waals surface area contributed by atoms with Crippen molar-refractivity contribution in [2.24, 2.45) is 0 Å². The second-order valence-corrected chi connectivity index (χ2v) is 7.27. The van der Waals surface area contributed by atoms with Gasteiger partial charge in [-0.25, -0.2) is 0 Å². The molecule has 5 heteroatoms. The van der Waals surface area contributed by atoms with Crippen molar-refractivity contribution in [1.29, 1.82) is 0 Å². The molecule has 1 heterocycles. The molecule has 136 valence electrons. The number of carbonyl (C=O) groups is 2. The molecule has 2 aromatic rings. The Kier molecular flexibility index (Phi) is 5.62. The number of carbonyl (C=O) groups excluding carboxylic acids is 2. The fourth-order valence-electron chi connectivity index (χ4n) is 3.33. The summed E-state index contributed by atoms with van der Waals surface area (Å²) in [6.45, 7) is 4.81. The molecule has 0 bridgehead atoms. The number of hydrogen-bond acceptors (Lipinski definition) is 2. The Morgan fingerprint density at radius 1 is 1.12 bits per heavy atom.